The van der Waals surface area contributed by atoms with Crippen molar-refractivity contribution in [2.24, 2.45) is 0 Å². The molecule has 198 valence electrons. The fourth-order valence-electron chi connectivity index (χ4n) is 4.59. The lowest BCUT2D eigenvalue weighted by Crippen LogP contribution is -2.36. The second-order valence-corrected chi connectivity index (χ2v) is 8.86. The summed E-state index contributed by atoms with van der Waals surface area (Å²) in [5.74, 6) is -0.394. The van der Waals surface area contributed by atoms with Crippen molar-refractivity contribution in [1.82, 2.24) is 19.5 Å². The molecule has 2 aromatic heterocycles. The number of halogens is 2. The average molecular weight is 524 g/mol. The lowest BCUT2D eigenvalue weighted by Gasteiger charge is -2.26. The number of nitrogens with two attached hydrogens (primary N) is 1. The minimum absolute atomic E-state index is 0.120. The molecular formula is C26H27F2N7O3. The van der Waals surface area contributed by atoms with Gasteiger partial charge in [0.25, 0.3) is 0 Å². The maximum atomic E-state index is 14.0. The van der Waals surface area contributed by atoms with Crippen molar-refractivity contribution >= 4 is 28.7 Å². The number of aromatic nitrogens is 3. The lowest BCUT2D eigenvalue weighted by molar-refractivity contribution is 0.0331. The van der Waals surface area contributed by atoms with Crippen molar-refractivity contribution in [3.63, 3.8) is 0 Å². The highest BCUT2D eigenvalue weighted by Crippen LogP contribution is 2.36. The Hall–Kier alpha value is -4.13. The van der Waals surface area contributed by atoms with Crippen LogP contribution < -0.4 is 16.4 Å². The van der Waals surface area contributed by atoms with Gasteiger partial charge in [-0.15, -0.1) is 0 Å². The van der Waals surface area contributed by atoms with Crippen molar-refractivity contribution in [3.05, 3.63) is 71.4 Å². The topological polar surface area (TPSA) is 130 Å². The number of amides is 2. The molecular weight excluding hydrogens is 496 g/mol. The molecule has 38 heavy (non-hydrogen) atoms. The van der Waals surface area contributed by atoms with Gasteiger partial charge in [-0.3, -0.25) is 4.90 Å². The predicted molar refractivity (Wildman–Crippen MR) is 139 cm³/mol. The van der Waals surface area contributed by atoms with Crippen LogP contribution in [0.4, 0.5) is 30.8 Å². The molecule has 1 saturated heterocycles. The van der Waals surface area contributed by atoms with Gasteiger partial charge in [-0.2, -0.15) is 5.10 Å². The van der Waals surface area contributed by atoms with Crippen LogP contribution in [0.25, 0.3) is 16.6 Å². The second kappa shape index (κ2) is 11.1. The van der Waals surface area contributed by atoms with E-state index in [4.69, 9.17) is 10.5 Å². The van der Waals surface area contributed by atoms with Crippen LogP contribution in [0.15, 0.2) is 48.8 Å². The first-order valence-electron chi connectivity index (χ1n) is 12.0. The van der Waals surface area contributed by atoms with Crippen LogP contribution in [0.3, 0.4) is 0 Å². The molecule has 2 aromatic carbocycles. The summed E-state index contributed by atoms with van der Waals surface area (Å²) in [5, 5.41) is 19.8. The van der Waals surface area contributed by atoms with Gasteiger partial charge >= 0.3 is 6.03 Å². The number of hydrogen-bond donors (Lipinski definition) is 4. The zero-order valence-electron chi connectivity index (χ0n) is 20.5. The predicted octanol–water partition coefficient (Wildman–Crippen LogP) is 3.56. The summed E-state index contributed by atoms with van der Waals surface area (Å²) in [5.41, 5.74) is 10.4. The molecule has 5 N–H and O–H groups in total. The minimum atomic E-state index is -0.772. The number of nitrogens with zero attached hydrogens (tertiary/aromatic N) is 4. The first kappa shape index (κ1) is 25.5. The second-order valence-electron chi connectivity index (χ2n) is 8.86. The first-order chi connectivity index (χ1) is 18.5. The number of urea groups is 1. The van der Waals surface area contributed by atoms with Crippen molar-refractivity contribution < 1.29 is 23.4 Å². The maximum Gasteiger partial charge on any atom is 0.323 e. The Bertz CT molecular complexity index is 1450. The molecule has 1 aliphatic heterocycles. The van der Waals surface area contributed by atoms with E-state index in [1.807, 2.05) is 0 Å². The van der Waals surface area contributed by atoms with Gasteiger partial charge in [0, 0.05) is 36.4 Å². The lowest BCUT2D eigenvalue weighted by atomic mass is 10.0. The largest absolute Gasteiger partial charge is 0.392 e. The number of aliphatic hydroxyl groups is 1. The van der Waals surface area contributed by atoms with E-state index < -0.39 is 18.5 Å². The number of carbonyl (C=O) groups excluding carboxylic acids is 1. The molecule has 0 unspecified atom stereocenters. The zero-order chi connectivity index (χ0) is 26.6. The van der Waals surface area contributed by atoms with Gasteiger partial charge in [-0.1, -0.05) is 18.2 Å². The fraction of sp³-hybridized carbons (Fsp3) is 0.269. The molecule has 1 fully saturated rings. The normalized spacial score (nSPS) is 14.1. The summed E-state index contributed by atoms with van der Waals surface area (Å²) in [6.45, 7) is 2.35. The van der Waals surface area contributed by atoms with Gasteiger partial charge in [0.1, 0.15) is 24.3 Å². The van der Waals surface area contributed by atoms with Gasteiger partial charge in [-0.05, 0) is 35.4 Å². The molecule has 0 bridgehead atoms. The quantitative estimate of drug-likeness (QED) is 0.291. The van der Waals surface area contributed by atoms with E-state index in [2.05, 4.69) is 25.6 Å². The van der Waals surface area contributed by atoms with E-state index >= 15 is 0 Å². The van der Waals surface area contributed by atoms with Gasteiger partial charge in [0.2, 0.25) is 0 Å². The molecule has 0 aliphatic carbocycles. The summed E-state index contributed by atoms with van der Waals surface area (Å²) >= 11 is 0. The molecule has 3 heterocycles. The Labute approximate surface area is 217 Å². The number of morpholine rings is 1. The van der Waals surface area contributed by atoms with E-state index in [1.54, 1.807) is 28.8 Å². The molecule has 4 aromatic rings. The van der Waals surface area contributed by atoms with Crippen LogP contribution in [-0.2, 0) is 24.6 Å². The highest BCUT2D eigenvalue weighted by atomic mass is 19.1. The third-order valence-corrected chi connectivity index (χ3v) is 6.46. The summed E-state index contributed by atoms with van der Waals surface area (Å²) in [7, 11) is 0. The average Bonchev–Trinajstić information content (AvgIpc) is 3.25. The monoisotopic (exact) mass is 523 g/mol. The van der Waals surface area contributed by atoms with Crippen LogP contribution in [0.5, 0.6) is 0 Å². The summed E-state index contributed by atoms with van der Waals surface area (Å²) in [6, 6.07) is 9.89. The van der Waals surface area contributed by atoms with Crippen molar-refractivity contribution in [2.75, 3.05) is 42.7 Å². The summed E-state index contributed by atoms with van der Waals surface area (Å²) < 4.78 is 34.1. The SMILES string of the molecule is Nc1ncnn2c(CN3CCOCC3)c(CO)c(-c3ccc(NC(=O)Nc4cc(CF)ccc4F)cc3)c12. The van der Waals surface area contributed by atoms with E-state index in [9.17, 15) is 18.7 Å². The third kappa shape index (κ3) is 5.14. The molecule has 10 nitrogen and oxygen atoms in total. The molecule has 0 radical (unpaired) electrons. The van der Waals surface area contributed by atoms with Crippen LogP contribution in [-0.4, -0.2) is 56.9 Å². The smallest absolute Gasteiger partial charge is 0.323 e. The van der Waals surface area contributed by atoms with Crippen molar-refractivity contribution in [1.29, 1.82) is 0 Å². The van der Waals surface area contributed by atoms with Gasteiger partial charge < -0.3 is 26.2 Å². The summed E-state index contributed by atoms with van der Waals surface area (Å²) in [6.07, 6.45) is 1.38. The van der Waals surface area contributed by atoms with Crippen LogP contribution in [0.2, 0.25) is 0 Å². The van der Waals surface area contributed by atoms with E-state index in [0.717, 1.165) is 30.4 Å². The number of hydrogen-bond acceptors (Lipinski definition) is 7. The number of nitrogen functional groups attached to an aromatic ring is 1. The van der Waals surface area contributed by atoms with E-state index in [-0.39, 0.29) is 23.7 Å². The fourth-order valence-corrected chi connectivity index (χ4v) is 4.59. The highest BCUT2D eigenvalue weighted by molar-refractivity contribution is 6.00. The third-order valence-electron chi connectivity index (χ3n) is 6.46. The van der Waals surface area contributed by atoms with Crippen LogP contribution >= 0.6 is 0 Å². The Morgan fingerprint density at radius 3 is 2.61 bits per heavy atom. The van der Waals surface area contributed by atoms with Crippen molar-refractivity contribution in [2.45, 2.75) is 19.8 Å². The van der Waals surface area contributed by atoms with Gasteiger partial charge in [0.15, 0.2) is 5.82 Å². The molecule has 1 aliphatic rings. The Morgan fingerprint density at radius 2 is 1.89 bits per heavy atom. The number of nitrogens with one attached hydrogen (secondary N) is 2. The Morgan fingerprint density at radius 1 is 1.13 bits per heavy atom. The molecule has 12 heteroatoms. The van der Waals surface area contributed by atoms with Crippen molar-refractivity contribution in [3.8, 4) is 11.1 Å². The number of fused-ring (bicyclic) bond motifs is 1. The minimum Gasteiger partial charge on any atom is -0.392 e. The number of rotatable bonds is 7. The Kier molecular flexibility index (Phi) is 7.45. The number of aliphatic hydroxyl groups excluding tert-OH is 1. The van der Waals surface area contributed by atoms with E-state index in [0.29, 0.717) is 42.1 Å². The van der Waals surface area contributed by atoms with Crippen LogP contribution in [0, 0.1) is 5.82 Å². The van der Waals surface area contributed by atoms with Crippen LogP contribution in [0.1, 0.15) is 16.8 Å². The zero-order valence-corrected chi connectivity index (χ0v) is 20.5. The first-order valence-corrected chi connectivity index (χ1v) is 12.0. The highest BCUT2D eigenvalue weighted by Gasteiger charge is 2.24. The van der Waals surface area contributed by atoms with Gasteiger partial charge in [-0.25, -0.2) is 23.1 Å². The maximum absolute atomic E-state index is 14.0. The standard InChI is InChI=1S/C26H27F2N7O3/c27-12-16-1-6-20(28)21(11-16)33-26(37)32-18-4-2-17(3-5-18)23-19(14-36)22(13-34-7-9-38-10-8-34)35-24(23)25(29)30-15-31-35/h1-6,11,15,36H,7-10,12-14H2,(H2,29,30,31)(H2,32,33,37). The molecule has 5 rings (SSSR count). The molecule has 0 saturated carbocycles. The number of alkyl halides is 1. The number of benzene rings is 2. The van der Waals surface area contributed by atoms with Gasteiger partial charge in [0.05, 0.1) is 31.2 Å². The number of carbonyl (C=O) groups is 1. The van der Waals surface area contributed by atoms with E-state index in [1.165, 1.54) is 18.5 Å². The number of anilines is 3. The molecule has 0 atom stereocenters. The Balaban J connectivity index is 1.42. The number of ether oxygens (including phenoxy) is 1. The molecule has 0 spiro atoms. The summed E-state index contributed by atoms with van der Waals surface area (Å²) in [4.78, 5) is 18.8. The molecule has 2 amide bonds.